The summed E-state index contributed by atoms with van der Waals surface area (Å²) in [5, 5.41) is 18.4. The largest absolute Gasteiger partial charge is 0.319 e. The van der Waals surface area contributed by atoms with E-state index < -0.39 is 22.0 Å². The maximum absolute atomic E-state index is 14.1. The molecule has 29 heavy (non-hydrogen) atoms. The number of carbonyl (C=O) groups excluding carboxylic acids is 1. The van der Waals surface area contributed by atoms with Crippen molar-refractivity contribution in [2.24, 2.45) is 0 Å². The average molecular weight is 396 g/mol. The highest BCUT2D eigenvalue weighted by atomic mass is 19.1. The first-order valence-electron chi connectivity index (χ1n) is 9.04. The number of nitrogens with one attached hydrogen (secondary N) is 1. The van der Waals surface area contributed by atoms with E-state index in [1.807, 2.05) is 0 Å². The number of hydrogen-bond acceptors (Lipinski definition) is 4. The second kappa shape index (κ2) is 5.94. The Hall–Kier alpha value is -3.62. The Morgan fingerprint density at radius 2 is 1.97 bits per heavy atom. The number of nitrogens with zero attached hydrogens (tertiary/aromatic N) is 3. The van der Waals surface area contributed by atoms with E-state index in [0.29, 0.717) is 29.5 Å². The van der Waals surface area contributed by atoms with Crippen LogP contribution >= 0.6 is 0 Å². The van der Waals surface area contributed by atoms with E-state index in [1.54, 1.807) is 6.07 Å². The third kappa shape index (κ3) is 2.47. The van der Waals surface area contributed by atoms with Gasteiger partial charge in [-0.15, -0.1) is 0 Å². The topological polar surface area (TPSA) is 90.1 Å². The highest BCUT2D eigenvalue weighted by Gasteiger charge is 2.53. The van der Waals surface area contributed by atoms with E-state index in [1.165, 1.54) is 29.2 Å². The molecule has 3 aromatic rings. The molecule has 0 radical (unpaired) electrons. The fourth-order valence-corrected chi connectivity index (χ4v) is 4.10. The summed E-state index contributed by atoms with van der Waals surface area (Å²) in [6, 6.07) is 6.28. The molecule has 0 atom stereocenters. The van der Waals surface area contributed by atoms with Gasteiger partial charge in [-0.05, 0) is 42.2 Å². The molecule has 0 bridgehead atoms. The lowest BCUT2D eigenvalue weighted by molar-refractivity contribution is -0.383. The van der Waals surface area contributed by atoms with Crippen LogP contribution in [0.25, 0.3) is 16.8 Å². The molecule has 1 spiro atoms. The minimum absolute atomic E-state index is 0.0561. The van der Waals surface area contributed by atoms with Crippen LogP contribution in [0, 0.1) is 21.7 Å². The molecule has 146 valence electrons. The van der Waals surface area contributed by atoms with Gasteiger partial charge in [0.1, 0.15) is 17.2 Å². The number of halogens is 2. The molecule has 9 heteroatoms. The third-order valence-electron chi connectivity index (χ3n) is 5.78. The number of nitro benzene ring substituents is 1. The van der Waals surface area contributed by atoms with Crippen molar-refractivity contribution in [1.29, 1.82) is 0 Å². The van der Waals surface area contributed by atoms with Gasteiger partial charge in [-0.1, -0.05) is 6.42 Å². The molecule has 0 unspecified atom stereocenters. The van der Waals surface area contributed by atoms with Gasteiger partial charge >= 0.3 is 0 Å². The van der Waals surface area contributed by atoms with Gasteiger partial charge in [0.05, 0.1) is 16.5 Å². The highest BCUT2D eigenvalue weighted by Crippen LogP contribution is 2.54. The van der Waals surface area contributed by atoms with Crippen molar-refractivity contribution in [2.75, 3.05) is 5.32 Å². The summed E-state index contributed by atoms with van der Waals surface area (Å²) in [4.78, 5) is 23.6. The normalized spacial score (nSPS) is 16.4. The lowest BCUT2D eigenvalue weighted by Crippen LogP contribution is -2.40. The maximum Gasteiger partial charge on any atom is 0.293 e. The molecule has 1 aliphatic carbocycles. The van der Waals surface area contributed by atoms with Crippen molar-refractivity contribution < 1.29 is 18.5 Å². The summed E-state index contributed by atoms with van der Waals surface area (Å²) in [5.41, 5.74) is 1.06. The standard InChI is InChI=1S/C20H14F2N4O3/c21-13-2-3-16(15(22)8-13)25-10-12(9-23-25)11-6-14-18(17(7-11)26(28)29)24-19(27)20(14)4-1-5-20/h2-3,6-10H,1,4-5H2,(H,24,27). The van der Waals surface area contributed by atoms with Gasteiger partial charge < -0.3 is 5.32 Å². The van der Waals surface area contributed by atoms with E-state index in [-0.39, 0.29) is 23.0 Å². The smallest absolute Gasteiger partial charge is 0.293 e. The molecule has 2 aliphatic rings. The van der Waals surface area contributed by atoms with Crippen molar-refractivity contribution in [3.63, 3.8) is 0 Å². The van der Waals surface area contributed by atoms with Gasteiger partial charge in [0.15, 0.2) is 5.82 Å². The van der Waals surface area contributed by atoms with Gasteiger partial charge in [0.2, 0.25) is 5.91 Å². The fourth-order valence-electron chi connectivity index (χ4n) is 4.10. The van der Waals surface area contributed by atoms with Crippen molar-refractivity contribution in [1.82, 2.24) is 9.78 Å². The predicted molar refractivity (Wildman–Crippen MR) is 99.7 cm³/mol. The van der Waals surface area contributed by atoms with Gasteiger partial charge in [-0.3, -0.25) is 14.9 Å². The van der Waals surface area contributed by atoms with Crippen LogP contribution in [0.15, 0.2) is 42.7 Å². The van der Waals surface area contributed by atoms with E-state index in [2.05, 4.69) is 10.4 Å². The average Bonchev–Trinajstić information content (AvgIpc) is 3.22. The van der Waals surface area contributed by atoms with E-state index in [9.17, 15) is 23.7 Å². The molecule has 1 amide bonds. The Labute approximate surface area is 163 Å². The van der Waals surface area contributed by atoms with Crippen molar-refractivity contribution >= 4 is 17.3 Å². The zero-order valence-corrected chi connectivity index (χ0v) is 15.0. The summed E-state index contributed by atoms with van der Waals surface area (Å²) >= 11 is 0. The Bertz CT molecular complexity index is 1200. The van der Waals surface area contributed by atoms with Crippen molar-refractivity contribution in [3.8, 4) is 16.8 Å². The first-order valence-corrected chi connectivity index (χ1v) is 9.04. The molecule has 1 fully saturated rings. The number of carbonyl (C=O) groups is 1. The van der Waals surface area contributed by atoms with Crippen LogP contribution in [0.4, 0.5) is 20.2 Å². The fraction of sp³-hybridized carbons (Fsp3) is 0.200. The van der Waals surface area contributed by atoms with Crippen LogP contribution in [0.5, 0.6) is 0 Å². The SMILES string of the molecule is O=C1Nc2c([N+](=O)[O-])cc(-c3cnn(-c4ccc(F)cc4F)c3)cc2C12CCC2. The molecule has 1 aromatic heterocycles. The van der Waals surface area contributed by atoms with E-state index in [0.717, 1.165) is 18.6 Å². The molecule has 2 aromatic carbocycles. The first kappa shape index (κ1) is 17.5. The van der Waals surface area contributed by atoms with Crippen molar-refractivity contribution in [3.05, 3.63) is 70.0 Å². The second-order valence-corrected chi connectivity index (χ2v) is 7.33. The summed E-state index contributed by atoms with van der Waals surface area (Å²) in [5.74, 6) is -1.68. The zero-order chi connectivity index (χ0) is 20.3. The molecule has 1 aliphatic heterocycles. The lowest BCUT2D eigenvalue weighted by atomic mass is 9.65. The van der Waals surface area contributed by atoms with Crippen LogP contribution in [-0.4, -0.2) is 20.6 Å². The van der Waals surface area contributed by atoms with Gasteiger partial charge in [-0.2, -0.15) is 5.10 Å². The molecule has 1 saturated carbocycles. The van der Waals surface area contributed by atoms with Crippen LogP contribution in [-0.2, 0) is 10.2 Å². The minimum atomic E-state index is -0.775. The zero-order valence-electron chi connectivity index (χ0n) is 15.0. The molecular weight excluding hydrogens is 382 g/mol. The molecule has 5 rings (SSSR count). The maximum atomic E-state index is 14.1. The predicted octanol–water partition coefficient (Wildman–Crippen LogP) is 4.10. The van der Waals surface area contributed by atoms with Gasteiger partial charge in [0, 0.05) is 23.9 Å². The van der Waals surface area contributed by atoms with Crippen LogP contribution in [0.2, 0.25) is 0 Å². The molecule has 0 saturated heterocycles. The molecule has 1 N–H and O–H groups in total. The van der Waals surface area contributed by atoms with Crippen LogP contribution in [0.1, 0.15) is 24.8 Å². The number of benzene rings is 2. The number of nitro groups is 1. The Balaban J connectivity index is 1.63. The van der Waals surface area contributed by atoms with Gasteiger partial charge in [-0.25, -0.2) is 13.5 Å². The number of aromatic nitrogens is 2. The molecular formula is C20H14F2N4O3. The summed E-state index contributed by atoms with van der Waals surface area (Å²) in [6.45, 7) is 0. The Kier molecular flexibility index (Phi) is 3.58. The number of amides is 1. The minimum Gasteiger partial charge on any atom is -0.319 e. The van der Waals surface area contributed by atoms with Gasteiger partial charge in [0.25, 0.3) is 5.69 Å². The summed E-state index contributed by atoms with van der Waals surface area (Å²) in [6.07, 6.45) is 5.14. The number of hydrogen-bond donors (Lipinski definition) is 1. The highest BCUT2D eigenvalue weighted by molar-refractivity contribution is 6.09. The number of rotatable bonds is 3. The van der Waals surface area contributed by atoms with Crippen LogP contribution in [0.3, 0.4) is 0 Å². The lowest BCUT2D eigenvalue weighted by Gasteiger charge is -2.36. The third-order valence-corrected chi connectivity index (χ3v) is 5.78. The Morgan fingerprint density at radius 1 is 1.17 bits per heavy atom. The van der Waals surface area contributed by atoms with E-state index in [4.69, 9.17) is 0 Å². The second-order valence-electron chi connectivity index (χ2n) is 7.33. The van der Waals surface area contributed by atoms with Crippen molar-refractivity contribution in [2.45, 2.75) is 24.7 Å². The monoisotopic (exact) mass is 396 g/mol. The summed E-state index contributed by atoms with van der Waals surface area (Å²) < 4.78 is 28.5. The summed E-state index contributed by atoms with van der Waals surface area (Å²) in [7, 11) is 0. The number of anilines is 1. The molecule has 2 heterocycles. The quantitative estimate of drug-likeness (QED) is 0.533. The first-order chi connectivity index (χ1) is 13.9. The van der Waals surface area contributed by atoms with E-state index >= 15 is 0 Å². The Morgan fingerprint density at radius 3 is 2.62 bits per heavy atom. The number of fused-ring (bicyclic) bond motifs is 2. The van der Waals surface area contributed by atoms with Crippen LogP contribution < -0.4 is 5.32 Å². The molecule has 7 nitrogen and oxygen atoms in total.